The van der Waals surface area contributed by atoms with Crippen LogP contribution < -0.4 is 5.32 Å². The average molecular weight is 226 g/mol. The Morgan fingerprint density at radius 1 is 1.67 bits per heavy atom. The van der Waals surface area contributed by atoms with Crippen molar-refractivity contribution >= 4 is 11.3 Å². The van der Waals surface area contributed by atoms with Gasteiger partial charge in [0.15, 0.2) is 0 Å². The maximum Gasteiger partial charge on any atom is 0.0896 e. The van der Waals surface area contributed by atoms with Gasteiger partial charge in [-0.3, -0.25) is 0 Å². The summed E-state index contributed by atoms with van der Waals surface area (Å²) < 4.78 is 5.33. The summed E-state index contributed by atoms with van der Waals surface area (Å²) in [5.41, 5.74) is 0. The minimum Gasteiger partial charge on any atom is -0.381 e. The van der Waals surface area contributed by atoms with E-state index in [-0.39, 0.29) is 0 Å². The van der Waals surface area contributed by atoms with Crippen molar-refractivity contribution < 1.29 is 4.74 Å². The number of nitrogens with zero attached hydrogens (tertiary/aromatic N) is 1. The number of thiazole rings is 1. The molecule has 1 aliphatic heterocycles. The number of rotatable bonds is 5. The molecular formula is C11H18N2OS. The van der Waals surface area contributed by atoms with Crippen LogP contribution in [0, 0.1) is 12.8 Å². The fraction of sp³-hybridized carbons (Fsp3) is 0.727. The van der Waals surface area contributed by atoms with Crippen molar-refractivity contribution in [2.45, 2.75) is 19.8 Å². The molecule has 1 fully saturated rings. The molecule has 1 aliphatic rings. The number of hydrogen-bond acceptors (Lipinski definition) is 4. The van der Waals surface area contributed by atoms with E-state index in [4.69, 9.17) is 4.74 Å². The summed E-state index contributed by atoms with van der Waals surface area (Å²) >= 11 is 1.79. The van der Waals surface area contributed by atoms with Crippen molar-refractivity contribution in [1.29, 1.82) is 0 Å². The molecule has 1 saturated heterocycles. The summed E-state index contributed by atoms with van der Waals surface area (Å²) in [4.78, 5) is 5.62. The Morgan fingerprint density at radius 2 is 2.60 bits per heavy atom. The maximum atomic E-state index is 5.33. The van der Waals surface area contributed by atoms with Crippen LogP contribution in [0.25, 0.3) is 0 Å². The van der Waals surface area contributed by atoms with Crippen molar-refractivity contribution in [3.8, 4) is 0 Å². The lowest BCUT2D eigenvalue weighted by atomic mass is 10.1. The van der Waals surface area contributed by atoms with Gasteiger partial charge in [0.1, 0.15) is 0 Å². The van der Waals surface area contributed by atoms with Gasteiger partial charge in [0.2, 0.25) is 0 Å². The third kappa shape index (κ3) is 3.55. The Bertz CT molecular complexity index is 295. The second kappa shape index (κ2) is 5.58. The SMILES string of the molecule is Cc1ncc(CCNCC2CCOC2)s1. The minimum atomic E-state index is 0.730. The normalized spacial score (nSPS) is 21.0. The number of hydrogen-bond donors (Lipinski definition) is 1. The highest BCUT2D eigenvalue weighted by atomic mass is 32.1. The summed E-state index contributed by atoms with van der Waals surface area (Å²) in [5.74, 6) is 0.730. The second-order valence-electron chi connectivity index (χ2n) is 4.03. The average Bonchev–Trinajstić information content (AvgIpc) is 2.84. The van der Waals surface area contributed by atoms with Crippen LogP contribution in [0.1, 0.15) is 16.3 Å². The Morgan fingerprint density at radius 3 is 3.27 bits per heavy atom. The quantitative estimate of drug-likeness (QED) is 0.775. The molecule has 2 rings (SSSR count). The van der Waals surface area contributed by atoms with E-state index >= 15 is 0 Å². The molecule has 1 unspecified atom stereocenters. The summed E-state index contributed by atoms with van der Waals surface area (Å²) in [5, 5.41) is 4.65. The van der Waals surface area contributed by atoms with E-state index in [1.165, 1.54) is 11.3 Å². The molecule has 0 aromatic carbocycles. The molecule has 1 atom stereocenters. The topological polar surface area (TPSA) is 34.2 Å². The van der Waals surface area contributed by atoms with Crippen LogP contribution in [0.3, 0.4) is 0 Å². The zero-order chi connectivity index (χ0) is 10.5. The van der Waals surface area contributed by atoms with Crippen molar-refractivity contribution in [2.24, 2.45) is 5.92 Å². The van der Waals surface area contributed by atoms with Crippen LogP contribution in [0.15, 0.2) is 6.20 Å². The van der Waals surface area contributed by atoms with Crippen LogP contribution >= 0.6 is 11.3 Å². The van der Waals surface area contributed by atoms with Crippen molar-refractivity contribution in [3.63, 3.8) is 0 Å². The lowest BCUT2D eigenvalue weighted by Gasteiger charge is -2.08. The van der Waals surface area contributed by atoms with Gasteiger partial charge in [0.25, 0.3) is 0 Å². The molecule has 0 aliphatic carbocycles. The van der Waals surface area contributed by atoms with Gasteiger partial charge in [-0.15, -0.1) is 11.3 Å². The first-order chi connectivity index (χ1) is 7.34. The maximum absolute atomic E-state index is 5.33. The molecule has 15 heavy (non-hydrogen) atoms. The third-order valence-corrected chi connectivity index (χ3v) is 3.65. The van der Waals surface area contributed by atoms with Crippen LogP contribution in [-0.4, -0.2) is 31.3 Å². The molecule has 2 heterocycles. The van der Waals surface area contributed by atoms with Gasteiger partial charge in [-0.2, -0.15) is 0 Å². The molecule has 0 spiro atoms. The molecule has 0 saturated carbocycles. The molecule has 0 amide bonds. The van der Waals surface area contributed by atoms with E-state index in [1.807, 2.05) is 6.20 Å². The van der Waals surface area contributed by atoms with Crippen molar-refractivity contribution in [3.05, 3.63) is 16.1 Å². The molecule has 1 aromatic rings. The van der Waals surface area contributed by atoms with E-state index < -0.39 is 0 Å². The van der Waals surface area contributed by atoms with Gasteiger partial charge >= 0.3 is 0 Å². The highest BCUT2D eigenvalue weighted by Crippen LogP contribution is 2.12. The molecular weight excluding hydrogens is 208 g/mol. The number of aromatic nitrogens is 1. The molecule has 3 nitrogen and oxygen atoms in total. The molecule has 84 valence electrons. The van der Waals surface area contributed by atoms with E-state index in [0.717, 1.165) is 43.6 Å². The molecule has 4 heteroatoms. The van der Waals surface area contributed by atoms with Crippen LogP contribution in [0.2, 0.25) is 0 Å². The molecule has 1 N–H and O–H groups in total. The van der Waals surface area contributed by atoms with E-state index in [9.17, 15) is 0 Å². The zero-order valence-electron chi connectivity index (χ0n) is 9.16. The minimum absolute atomic E-state index is 0.730. The smallest absolute Gasteiger partial charge is 0.0896 e. The fourth-order valence-corrected chi connectivity index (χ4v) is 2.58. The van der Waals surface area contributed by atoms with Gasteiger partial charge in [0, 0.05) is 30.8 Å². The summed E-state index contributed by atoms with van der Waals surface area (Å²) in [6.45, 7) is 6.08. The second-order valence-corrected chi connectivity index (χ2v) is 5.35. The standard InChI is InChI=1S/C11H18N2OS/c1-9-13-7-11(15-9)2-4-12-6-10-3-5-14-8-10/h7,10,12H,2-6,8H2,1H3. The molecule has 0 bridgehead atoms. The van der Waals surface area contributed by atoms with Crippen LogP contribution in [-0.2, 0) is 11.2 Å². The van der Waals surface area contributed by atoms with Gasteiger partial charge < -0.3 is 10.1 Å². The summed E-state index contributed by atoms with van der Waals surface area (Å²) in [6.07, 6.45) is 4.30. The molecule has 0 radical (unpaired) electrons. The van der Waals surface area contributed by atoms with Crippen LogP contribution in [0.5, 0.6) is 0 Å². The molecule has 1 aromatic heterocycles. The number of ether oxygens (including phenoxy) is 1. The Kier molecular flexibility index (Phi) is 4.11. The van der Waals surface area contributed by atoms with E-state index in [1.54, 1.807) is 11.3 Å². The lowest BCUT2D eigenvalue weighted by Crippen LogP contribution is -2.24. The highest BCUT2D eigenvalue weighted by Gasteiger charge is 2.14. The largest absolute Gasteiger partial charge is 0.381 e. The van der Waals surface area contributed by atoms with E-state index in [2.05, 4.69) is 17.2 Å². The third-order valence-electron chi connectivity index (χ3n) is 2.67. The Hall–Kier alpha value is -0.450. The fourth-order valence-electron chi connectivity index (χ4n) is 1.78. The van der Waals surface area contributed by atoms with Crippen molar-refractivity contribution in [2.75, 3.05) is 26.3 Å². The number of nitrogens with one attached hydrogen (secondary N) is 1. The van der Waals surface area contributed by atoms with Crippen molar-refractivity contribution in [1.82, 2.24) is 10.3 Å². The summed E-state index contributed by atoms with van der Waals surface area (Å²) in [7, 11) is 0. The Labute approximate surface area is 94.9 Å². The van der Waals surface area contributed by atoms with Gasteiger partial charge in [0.05, 0.1) is 11.6 Å². The first kappa shape index (κ1) is 11.0. The monoisotopic (exact) mass is 226 g/mol. The highest BCUT2D eigenvalue weighted by molar-refractivity contribution is 7.11. The number of aryl methyl sites for hydroxylation is 1. The predicted molar refractivity (Wildman–Crippen MR) is 62.4 cm³/mol. The van der Waals surface area contributed by atoms with Crippen LogP contribution in [0.4, 0.5) is 0 Å². The van der Waals surface area contributed by atoms with E-state index in [0.29, 0.717) is 0 Å². The zero-order valence-corrected chi connectivity index (χ0v) is 9.98. The van der Waals surface area contributed by atoms with Gasteiger partial charge in [-0.25, -0.2) is 4.98 Å². The van der Waals surface area contributed by atoms with Gasteiger partial charge in [-0.05, 0) is 25.7 Å². The first-order valence-corrected chi connectivity index (χ1v) is 6.36. The van der Waals surface area contributed by atoms with Gasteiger partial charge in [-0.1, -0.05) is 0 Å². The lowest BCUT2D eigenvalue weighted by molar-refractivity contribution is 0.185. The predicted octanol–water partition coefficient (Wildman–Crippen LogP) is 1.62. The summed E-state index contributed by atoms with van der Waals surface area (Å²) in [6, 6.07) is 0. The Balaban J connectivity index is 1.58. The first-order valence-electron chi connectivity index (χ1n) is 5.54.